The molecule has 0 amide bonds. The molecule has 2 heterocycles. The Labute approximate surface area is 107 Å². The summed E-state index contributed by atoms with van der Waals surface area (Å²) in [5.74, 6) is -0.412. The third-order valence-corrected chi connectivity index (χ3v) is 2.71. The fraction of sp³-hybridized carbons (Fsp3) is 0.636. The fourth-order valence-corrected chi connectivity index (χ4v) is 1.80. The van der Waals surface area contributed by atoms with Crippen LogP contribution < -0.4 is 5.73 Å². The van der Waals surface area contributed by atoms with Gasteiger partial charge in [-0.15, -0.1) is 0 Å². The van der Waals surface area contributed by atoms with Crippen LogP contribution >= 0.6 is 0 Å². The summed E-state index contributed by atoms with van der Waals surface area (Å²) in [5.41, 5.74) is 3.97. The lowest BCUT2D eigenvalue weighted by molar-refractivity contribution is -0.172. The molecule has 1 aliphatic heterocycles. The van der Waals surface area contributed by atoms with Gasteiger partial charge in [0.25, 0.3) is 0 Å². The molecular formula is C11H14F3N3O2. The first kappa shape index (κ1) is 14.0. The summed E-state index contributed by atoms with van der Waals surface area (Å²) in [6.45, 7) is 0.314. The van der Waals surface area contributed by atoms with Gasteiger partial charge in [0.1, 0.15) is 0 Å². The third kappa shape index (κ3) is 3.77. The van der Waals surface area contributed by atoms with Crippen LogP contribution in [-0.4, -0.2) is 22.9 Å². The summed E-state index contributed by atoms with van der Waals surface area (Å²) in [5, 5.41) is 0. The maximum atomic E-state index is 12.8. The average molecular weight is 277 g/mol. The Bertz CT molecular complexity index is 434. The first-order valence-corrected chi connectivity index (χ1v) is 5.88. The molecule has 1 aromatic heterocycles. The number of hydrogen-bond acceptors (Lipinski definition) is 5. The van der Waals surface area contributed by atoms with Gasteiger partial charge in [0, 0.05) is 18.4 Å². The lowest BCUT2D eigenvalue weighted by Gasteiger charge is -2.23. The molecular weight excluding hydrogens is 263 g/mol. The number of hydrogen-bond donors (Lipinski definition) is 1. The van der Waals surface area contributed by atoms with E-state index in [1.54, 1.807) is 0 Å². The molecule has 0 aromatic carbocycles. The number of nitrogens with two attached hydrogens (primary N) is 1. The van der Waals surface area contributed by atoms with Crippen LogP contribution in [0, 0.1) is 0 Å². The minimum atomic E-state index is -4.58. The number of alkyl halides is 3. The number of ether oxygens (including phenoxy) is 2. The summed E-state index contributed by atoms with van der Waals surface area (Å²) < 4.78 is 48.9. The van der Waals surface area contributed by atoms with Gasteiger partial charge in [-0.1, -0.05) is 0 Å². The first-order chi connectivity index (χ1) is 8.97. The molecule has 106 valence electrons. The van der Waals surface area contributed by atoms with E-state index in [9.17, 15) is 13.2 Å². The van der Waals surface area contributed by atoms with Crippen molar-refractivity contribution in [3.63, 3.8) is 0 Å². The maximum Gasteiger partial charge on any atom is 0.433 e. The van der Waals surface area contributed by atoms with Crippen LogP contribution in [0.5, 0.6) is 0 Å². The van der Waals surface area contributed by atoms with E-state index >= 15 is 0 Å². The van der Waals surface area contributed by atoms with Crippen molar-refractivity contribution in [3.8, 4) is 0 Å². The van der Waals surface area contributed by atoms with E-state index in [2.05, 4.69) is 9.97 Å². The molecule has 1 aromatic rings. The van der Waals surface area contributed by atoms with Gasteiger partial charge in [-0.25, -0.2) is 9.97 Å². The Balaban J connectivity index is 2.06. The van der Waals surface area contributed by atoms with Crippen LogP contribution in [0.15, 0.2) is 6.20 Å². The summed E-state index contributed by atoms with van der Waals surface area (Å²) in [6, 6.07) is 0. The van der Waals surface area contributed by atoms with E-state index in [0.29, 0.717) is 13.0 Å². The van der Waals surface area contributed by atoms with Gasteiger partial charge in [0.2, 0.25) is 5.95 Å². The number of halogens is 3. The van der Waals surface area contributed by atoms with E-state index < -0.39 is 24.1 Å². The monoisotopic (exact) mass is 277 g/mol. The molecule has 1 fully saturated rings. The lowest BCUT2D eigenvalue weighted by atomic mass is 10.2. The van der Waals surface area contributed by atoms with E-state index in [-0.39, 0.29) is 12.2 Å². The van der Waals surface area contributed by atoms with Crippen LogP contribution in [0.2, 0.25) is 0 Å². The Morgan fingerprint density at radius 2 is 2.21 bits per heavy atom. The van der Waals surface area contributed by atoms with Crippen molar-refractivity contribution in [2.45, 2.75) is 38.3 Å². The van der Waals surface area contributed by atoms with Gasteiger partial charge in [-0.3, -0.25) is 0 Å². The molecule has 0 bridgehead atoms. The predicted octanol–water partition coefficient (Wildman–Crippen LogP) is 2.12. The van der Waals surface area contributed by atoms with Crippen molar-refractivity contribution >= 4 is 5.95 Å². The smallest absolute Gasteiger partial charge is 0.368 e. The highest BCUT2D eigenvalue weighted by Gasteiger charge is 2.36. The lowest BCUT2D eigenvalue weighted by Crippen LogP contribution is -2.23. The van der Waals surface area contributed by atoms with Crippen LogP contribution in [0.3, 0.4) is 0 Å². The second kappa shape index (κ2) is 5.70. The predicted molar refractivity (Wildman–Crippen MR) is 59.8 cm³/mol. The summed E-state index contributed by atoms with van der Waals surface area (Å²) >= 11 is 0. The Morgan fingerprint density at radius 1 is 1.42 bits per heavy atom. The highest BCUT2D eigenvalue weighted by molar-refractivity contribution is 5.26. The molecule has 1 unspecified atom stereocenters. The zero-order valence-corrected chi connectivity index (χ0v) is 10.1. The summed E-state index contributed by atoms with van der Waals surface area (Å²) in [4.78, 5) is 6.79. The number of rotatable bonds is 3. The van der Waals surface area contributed by atoms with Crippen molar-refractivity contribution in [2.75, 3.05) is 12.3 Å². The van der Waals surface area contributed by atoms with Crippen LogP contribution in [0.25, 0.3) is 0 Å². The topological polar surface area (TPSA) is 70.3 Å². The number of nitrogens with zero attached hydrogens (tertiary/aromatic N) is 2. The second-order valence-electron chi connectivity index (χ2n) is 4.21. The highest BCUT2D eigenvalue weighted by Crippen LogP contribution is 2.31. The largest absolute Gasteiger partial charge is 0.433 e. The molecule has 0 aliphatic carbocycles. The van der Waals surface area contributed by atoms with Crippen molar-refractivity contribution in [3.05, 3.63) is 17.5 Å². The second-order valence-corrected chi connectivity index (χ2v) is 4.21. The summed E-state index contributed by atoms with van der Waals surface area (Å²) in [7, 11) is 0. The quantitative estimate of drug-likeness (QED) is 0.916. The Hall–Kier alpha value is -1.41. The molecule has 19 heavy (non-hydrogen) atoms. The van der Waals surface area contributed by atoms with Gasteiger partial charge in [0.05, 0.1) is 6.61 Å². The standard InChI is InChI=1S/C11H14F3N3O2/c12-11(13,14)9-7(5-16-10(15)17-9)6-19-8-3-1-2-4-18-8/h5,8H,1-4,6H2,(H2,15,16,17). The molecule has 1 atom stereocenters. The molecule has 0 saturated carbocycles. The fourth-order valence-electron chi connectivity index (χ4n) is 1.80. The molecule has 1 aliphatic rings. The number of nitrogen functional groups attached to an aromatic ring is 1. The van der Waals surface area contributed by atoms with E-state index in [4.69, 9.17) is 15.2 Å². The van der Waals surface area contributed by atoms with Crippen LogP contribution in [0.4, 0.5) is 19.1 Å². The van der Waals surface area contributed by atoms with Crippen LogP contribution in [0.1, 0.15) is 30.5 Å². The van der Waals surface area contributed by atoms with Crippen LogP contribution in [-0.2, 0) is 22.3 Å². The first-order valence-electron chi connectivity index (χ1n) is 5.88. The number of anilines is 1. The molecule has 5 nitrogen and oxygen atoms in total. The molecule has 1 saturated heterocycles. The molecule has 2 N–H and O–H groups in total. The normalized spacial score (nSPS) is 20.5. The van der Waals surface area contributed by atoms with Crippen molar-refractivity contribution in [1.82, 2.24) is 9.97 Å². The van der Waals surface area contributed by atoms with Gasteiger partial charge in [-0.2, -0.15) is 13.2 Å². The van der Waals surface area contributed by atoms with Crippen molar-refractivity contribution in [2.24, 2.45) is 0 Å². The minimum Gasteiger partial charge on any atom is -0.368 e. The van der Waals surface area contributed by atoms with E-state index in [0.717, 1.165) is 19.0 Å². The van der Waals surface area contributed by atoms with Gasteiger partial charge < -0.3 is 15.2 Å². The Kier molecular flexibility index (Phi) is 4.20. The molecule has 0 radical (unpaired) electrons. The molecule has 2 rings (SSSR count). The molecule has 8 heteroatoms. The van der Waals surface area contributed by atoms with Gasteiger partial charge >= 0.3 is 6.18 Å². The van der Waals surface area contributed by atoms with Crippen molar-refractivity contribution < 1.29 is 22.6 Å². The maximum absolute atomic E-state index is 12.8. The van der Waals surface area contributed by atoms with Crippen molar-refractivity contribution in [1.29, 1.82) is 0 Å². The number of aromatic nitrogens is 2. The minimum absolute atomic E-state index is 0.143. The van der Waals surface area contributed by atoms with E-state index in [1.807, 2.05) is 0 Å². The third-order valence-electron chi connectivity index (χ3n) is 2.71. The van der Waals surface area contributed by atoms with Gasteiger partial charge in [0.15, 0.2) is 12.0 Å². The average Bonchev–Trinajstić information content (AvgIpc) is 2.37. The SMILES string of the molecule is Nc1ncc(COC2CCCCO2)c(C(F)(F)F)n1. The van der Waals surface area contributed by atoms with E-state index in [1.165, 1.54) is 0 Å². The zero-order valence-electron chi connectivity index (χ0n) is 10.1. The Morgan fingerprint density at radius 3 is 2.84 bits per heavy atom. The summed E-state index contributed by atoms with van der Waals surface area (Å²) in [6.07, 6.45) is -1.45. The van der Waals surface area contributed by atoms with Gasteiger partial charge in [-0.05, 0) is 19.3 Å². The molecule has 0 spiro atoms. The zero-order chi connectivity index (χ0) is 13.9. The highest BCUT2D eigenvalue weighted by atomic mass is 19.4.